The minimum Gasteiger partial charge on any atom is -0.309 e. The third kappa shape index (κ3) is 4.82. The van der Waals surface area contributed by atoms with Crippen LogP contribution in [0.5, 0.6) is 0 Å². The summed E-state index contributed by atoms with van der Waals surface area (Å²) in [7, 11) is 0. The lowest BCUT2D eigenvalue weighted by atomic mass is 9.76. The summed E-state index contributed by atoms with van der Waals surface area (Å²) in [6, 6.07) is 37.5. The van der Waals surface area contributed by atoms with Gasteiger partial charge in [0.25, 0.3) is 0 Å². The summed E-state index contributed by atoms with van der Waals surface area (Å²) in [5.41, 5.74) is 8.80. The smallest absolute Gasteiger partial charge is 0.165 e. The fraction of sp³-hybridized carbons (Fsp3) is 0.195. The van der Waals surface area contributed by atoms with Crippen LogP contribution in [0.3, 0.4) is 0 Å². The van der Waals surface area contributed by atoms with Crippen LogP contribution in [0, 0.1) is 32.1 Å². The maximum atomic E-state index is 15.8. The molecule has 0 radical (unpaired) electrons. The summed E-state index contributed by atoms with van der Waals surface area (Å²) in [5.74, 6) is 1.10. The number of fused-ring (bicyclic) bond motifs is 3. The lowest BCUT2D eigenvalue weighted by Gasteiger charge is -2.30. The van der Waals surface area contributed by atoms with E-state index in [2.05, 4.69) is 79.1 Å². The molecule has 7 rings (SSSR count). The molecule has 7 aromatic rings. The van der Waals surface area contributed by atoms with Crippen molar-refractivity contribution in [2.45, 2.75) is 53.1 Å². The van der Waals surface area contributed by atoms with E-state index < -0.39 is 11.6 Å². The van der Waals surface area contributed by atoms with Crippen LogP contribution in [0.25, 0.3) is 55.7 Å². The Hall–Kier alpha value is -5.54. The van der Waals surface area contributed by atoms with E-state index in [0.29, 0.717) is 28.3 Å². The maximum absolute atomic E-state index is 15.8. The van der Waals surface area contributed by atoms with E-state index >= 15 is 4.39 Å². The Labute approximate surface area is 274 Å². The number of aromatic nitrogens is 4. The molecule has 0 spiro atoms. The minimum atomic E-state index is -1.22. The van der Waals surface area contributed by atoms with Crippen LogP contribution < -0.4 is 0 Å². The van der Waals surface area contributed by atoms with E-state index in [4.69, 9.17) is 10.1 Å². The zero-order valence-electron chi connectivity index (χ0n) is 27.5. The van der Waals surface area contributed by atoms with Gasteiger partial charge in [-0.3, -0.25) is 0 Å². The summed E-state index contributed by atoms with van der Waals surface area (Å²) in [6.45, 7) is 11.4. The maximum Gasteiger partial charge on any atom is 0.165 e. The first kappa shape index (κ1) is 30.1. The van der Waals surface area contributed by atoms with Gasteiger partial charge in [-0.2, -0.15) is 10.4 Å². The number of hydrogen-bond acceptors (Lipinski definition) is 3. The second-order valence-electron chi connectivity index (χ2n) is 12.9. The van der Waals surface area contributed by atoms with Gasteiger partial charge in [0.1, 0.15) is 18.1 Å². The molecule has 5 aromatic carbocycles. The molecular formula is C41H36FN5. The number of benzene rings is 5. The normalized spacial score (nSPS) is 12.5. The number of aryl methyl sites for hydroxylation is 3. The fourth-order valence-electron chi connectivity index (χ4n) is 6.87. The fourth-order valence-corrected chi connectivity index (χ4v) is 6.87. The highest BCUT2D eigenvalue weighted by atomic mass is 19.1. The van der Waals surface area contributed by atoms with Crippen molar-refractivity contribution in [2.75, 3.05) is 0 Å². The van der Waals surface area contributed by atoms with Gasteiger partial charge in [-0.25, -0.2) is 14.1 Å². The van der Waals surface area contributed by atoms with Gasteiger partial charge in [0.2, 0.25) is 0 Å². The molecule has 6 heteroatoms. The van der Waals surface area contributed by atoms with Crippen molar-refractivity contribution < 1.29 is 4.39 Å². The molecule has 1 atom stereocenters. The molecule has 0 saturated carbocycles. The molecule has 0 aliphatic rings. The predicted octanol–water partition coefficient (Wildman–Crippen LogP) is 10.1. The predicted molar refractivity (Wildman–Crippen MR) is 189 cm³/mol. The Balaban J connectivity index is 1.60. The third-order valence-electron chi connectivity index (χ3n) is 9.52. The Morgan fingerprint density at radius 2 is 1.40 bits per heavy atom. The minimum absolute atomic E-state index is 0.460. The number of hydrogen-bond donors (Lipinski definition) is 0. The Morgan fingerprint density at radius 3 is 2.04 bits per heavy atom. The summed E-state index contributed by atoms with van der Waals surface area (Å²) >= 11 is 0. The van der Waals surface area contributed by atoms with E-state index in [9.17, 15) is 5.26 Å². The van der Waals surface area contributed by atoms with Gasteiger partial charge < -0.3 is 4.57 Å². The van der Waals surface area contributed by atoms with Gasteiger partial charge in [0, 0.05) is 27.4 Å². The van der Waals surface area contributed by atoms with Crippen LogP contribution in [0.15, 0.2) is 103 Å². The van der Waals surface area contributed by atoms with Crippen molar-refractivity contribution in [3.63, 3.8) is 0 Å². The molecule has 0 amide bonds. The second-order valence-corrected chi connectivity index (χ2v) is 12.9. The lowest BCUT2D eigenvalue weighted by Crippen LogP contribution is -2.29. The summed E-state index contributed by atoms with van der Waals surface area (Å²) in [5, 5.41) is 17.8. The highest BCUT2D eigenvalue weighted by Gasteiger charge is 2.36. The SMILES string of the molecule is Cc1nc(-c2c(C(C)(C)[C@@H](C)F)cc3c(c2C#N)c2ccccc2n3-c2ccccc2)n(-c2c(C)cc(-c3ccccc3)cc2C)n1. The molecule has 0 N–H and O–H groups in total. The van der Waals surface area contributed by atoms with Crippen LogP contribution in [-0.2, 0) is 5.41 Å². The Kier molecular flexibility index (Phi) is 7.28. The number of para-hydroxylation sites is 2. The highest BCUT2D eigenvalue weighted by Crippen LogP contribution is 2.45. The number of halogens is 1. The average molecular weight is 618 g/mol. The average Bonchev–Trinajstić information content (AvgIpc) is 3.61. The first-order valence-electron chi connectivity index (χ1n) is 15.9. The number of nitriles is 1. The first-order chi connectivity index (χ1) is 22.6. The molecule has 0 aliphatic carbocycles. The highest BCUT2D eigenvalue weighted by molar-refractivity contribution is 6.14. The van der Waals surface area contributed by atoms with Crippen LogP contribution in [-0.4, -0.2) is 25.5 Å². The van der Waals surface area contributed by atoms with Gasteiger partial charge in [-0.15, -0.1) is 0 Å². The van der Waals surface area contributed by atoms with Crippen molar-refractivity contribution in [1.29, 1.82) is 5.26 Å². The summed E-state index contributed by atoms with van der Waals surface area (Å²) in [4.78, 5) is 4.99. The largest absolute Gasteiger partial charge is 0.309 e. The molecule has 5 nitrogen and oxygen atoms in total. The molecule has 0 aliphatic heterocycles. The van der Waals surface area contributed by atoms with Crippen molar-refractivity contribution in [3.05, 3.63) is 131 Å². The number of alkyl halides is 1. The molecule has 0 unspecified atom stereocenters. The van der Waals surface area contributed by atoms with E-state index in [-0.39, 0.29) is 0 Å². The monoisotopic (exact) mass is 617 g/mol. The molecule has 47 heavy (non-hydrogen) atoms. The molecule has 0 bridgehead atoms. The first-order valence-corrected chi connectivity index (χ1v) is 15.9. The number of nitrogens with zero attached hydrogens (tertiary/aromatic N) is 5. The molecule has 232 valence electrons. The van der Waals surface area contributed by atoms with Gasteiger partial charge in [-0.1, -0.05) is 80.6 Å². The van der Waals surface area contributed by atoms with Gasteiger partial charge >= 0.3 is 0 Å². The summed E-state index contributed by atoms with van der Waals surface area (Å²) in [6.07, 6.45) is -1.22. The Bertz CT molecular complexity index is 2310. The topological polar surface area (TPSA) is 59.4 Å². The standard InChI is InChI=1S/C41H36FN5/c1-25-21-30(29-15-9-7-10-16-29)22-26(2)39(25)47-40(44-28(4)45-47)38-33(24-43)37-32-19-13-14-20-35(32)46(31-17-11-8-12-18-31)36(37)23-34(38)41(5,6)27(3)42/h7-23,27H,1-6H3/t27-/m1/s1. The molecule has 0 saturated heterocycles. The van der Waals surface area contributed by atoms with E-state index in [1.807, 2.05) is 74.0 Å². The third-order valence-corrected chi connectivity index (χ3v) is 9.52. The van der Waals surface area contributed by atoms with Gasteiger partial charge in [0.15, 0.2) is 5.82 Å². The Morgan fingerprint density at radius 1 is 0.787 bits per heavy atom. The number of rotatable bonds is 6. The summed E-state index contributed by atoms with van der Waals surface area (Å²) < 4.78 is 19.8. The molecule has 2 aromatic heterocycles. The zero-order valence-corrected chi connectivity index (χ0v) is 27.5. The molecule has 2 heterocycles. The second kappa shape index (κ2) is 11.4. The van der Waals surface area contributed by atoms with Crippen LogP contribution in [0.2, 0.25) is 0 Å². The van der Waals surface area contributed by atoms with Crippen molar-refractivity contribution in [1.82, 2.24) is 19.3 Å². The zero-order chi connectivity index (χ0) is 33.0. The quantitative estimate of drug-likeness (QED) is 0.187. The van der Waals surface area contributed by atoms with Gasteiger partial charge in [0.05, 0.1) is 22.3 Å². The van der Waals surface area contributed by atoms with Crippen LogP contribution in [0.4, 0.5) is 4.39 Å². The van der Waals surface area contributed by atoms with Crippen molar-refractivity contribution >= 4 is 21.8 Å². The van der Waals surface area contributed by atoms with E-state index in [0.717, 1.165) is 55.4 Å². The van der Waals surface area contributed by atoms with Crippen LogP contribution >= 0.6 is 0 Å². The molecule has 0 fully saturated rings. The lowest BCUT2D eigenvalue weighted by molar-refractivity contribution is 0.237. The van der Waals surface area contributed by atoms with E-state index in [1.54, 1.807) is 6.92 Å². The van der Waals surface area contributed by atoms with Crippen LogP contribution in [0.1, 0.15) is 48.8 Å². The van der Waals surface area contributed by atoms with Crippen molar-refractivity contribution in [2.24, 2.45) is 0 Å². The van der Waals surface area contributed by atoms with Gasteiger partial charge in [-0.05, 0) is 91.9 Å². The van der Waals surface area contributed by atoms with Crippen molar-refractivity contribution in [3.8, 4) is 40.0 Å². The molecular weight excluding hydrogens is 581 g/mol. The van der Waals surface area contributed by atoms with E-state index in [1.165, 1.54) is 0 Å².